The lowest BCUT2D eigenvalue weighted by atomic mass is 9.77. The van der Waals surface area contributed by atoms with Gasteiger partial charge in [-0.1, -0.05) is 26.7 Å². The van der Waals surface area contributed by atoms with Crippen LogP contribution in [-0.2, 0) is 0 Å². The third-order valence-corrected chi connectivity index (χ3v) is 5.11. The Morgan fingerprint density at radius 2 is 1.76 bits per heavy atom. The van der Waals surface area contributed by atoms with Crippen LogP contribution in [0.15, 0.2) is 0 Å². The van der Waals surface area contributed by atoms with Crippen molar-refractivity contribution in [2.45, 2.75) is 64.5 Å². The Morgan fingerprint density at radius 1 is 0.941 bits per heavy atom. The van der Waals surface area contributed by atoms with Gasteiger partial charge in [0.15, 0.2) is 0 Å². The van der Waals surface area contributed by atoms with Gasteiger partial charge in [-0.2, -0.15) is 0 Å². The van der Waals surface area contributed by atoms with Crippen molar-refractivity contribution in [3.63, 3.8) is 0 Å². The number of hydrogen-bond acceptors (Lipinski definition) is 2. The Hall–Kier alpha value is -0.0800. The van der Waals surface area contributed by atoms with E-state index < -0.39 is 0 Å². The quantitative estimate of drug-likeness (QED) is 0.796. The van der Waals surface area contributed by atoms with Crippen LogP contribution in [0.25, 0.3) is 0 Å². The maximum absolute atomic E-state index is 3.97. The van der Waals surface area contributed by atoms with Gasteiger partial charge in [-0.3, -0.25) is 0 Å². The largest absolute Gasteiger partial charge is 0.311 e. The van der Waals surface area contributed by atoms with Crippen molar-refractivity contribution in [2.24, 2.45) is 11.8 Å². The van der Waals surface area contributed by atoms with Crippen LogP contribution in [0.3, 0.4) is 0 Å². The predicted octanol–water partition coefficient (Wildman–Crippen LogP) is 2.89. The molecule has 17 heavy (non-hydrogen) atoms. The first kappa shape index (κ1) is 13.4. The summed E-state index contributed by atoms with van der Waals surface area (Å²) in [5.74, 6) is 1.78. The van der Waals surface area contributed by atoms with Gasteiger partial charge in [0.05, 0.1) is 0 Å². The van der Waals surface area contributed by atoms with E-state index in [1.54, 1.807) is 0 Å². The van der Waals surface area contributed by atoms with Gasteiger partial charge >= 0.3 is 0 Å². The highest BCUT2D eigenvalue weighted by Gasteiger charge is 2.28. The van der Waals surface area contributed by atoms with Crippen molar-refractivity contribution in [3.8, 4) is 0 Å². The zero-order valence-corrected chi connectivity index (χ0v) is 11.9. The van der Waals surface area contributed by atoms with Crippen LogP contribution in [0.5, 0.6) is 0 Å². The minimum atomic E-state index is 0.776. The van der Waals surface area contributed by atoms with E-state index in [2.05, 4.69) is 31.1 Å². The molecule has 0 amide bonds. The summed E-state index contributed by atoms with van der Waals surface area (Å²) >= 11 is 0. The van der Waals surface area contributed by atoms with Gasteiger partial charge in [0.25, 0.3) is 0 Å². The third kappa shape index (κ3) is 3.69. The van der Waals surface area contributed by atoms with E-state index >= 15 is 0 Å². The summed E-state index contributed by atoms with van der Waals surface area (Å²) in [5, 5.41) is 3.97. The fourth-order valence-corrected chi connectivity index (χ4v) is 3.53. The van der Waals surface area contributed by atoms with Crippen molar-refractivity contribution >= 4 is 0 Å². The summed E-state index contributed by atoms with van der Waals surface area (Å²) < 4.78 is 0. The van der Waals surface area contributed by atoms with Gasteiger partial charge < -0.3 is 10.2 Å². The van der Waals surface area contributed by atoms with Gasteiger partial charge in [-0.05, 0) is 57.7 Å². The molecule has 0 aromatic carbocycles. The lowest BCUT2D eigenvalue weighted by Gasteiger charge is -2.37. The highest BCUT2D eigenvalue weighted by atomic mass is 15.1. The van der Waals surface area contributed by atoms with Crippen molar-refractivity contribution in [3.05, 3.63) is 0 Å². The lowest BCUT2D eigenvalue weighted by molar-refractivity contribution is 0.189. The molecule has 4 unspecified atom stereocenters. The van der Waals surface area contributed by atoms with E-state index in [0.29, 0.717) is 0 Å². The fourth-order valence-electron chi connectivity index (χ4n) is 3.53. The van der Waals surface area contributed by atoms with Crippen molar-refractivity contribution in [2.75, 3.05) is 20.1 Å². The molecule has 0 radical (unpaired) electrons. The Kier molecular flexibility index (Phi) is 4.87. The smallest absolute Gasteiger partial charge is 0.00978 e. The van der Waals surface area contributed by atoms with Gasteiger partial charge in [-0.15, -0.1) is 0 Å². The molecule has 2 nitrogen and oxygen atoms in total. The monoisotopic (exact) mass is 238 g/mol. The molecule has 4 atom stereocenters. The molecule has 2 fully saturated rings. The van der Waals surface area contributed by atoms with E-state index in [4.69, 9.17) is 0 Å². The fraction of sp³-hybridized carbons (Fsp3) is 1.00. The molecule has 1 saturated carbocycles. The van der Waals surface area contributed by atoms with Crippen molar-refractivity contribution < 1.29 is 0 Å². The maximum atomic E-state index is 3.97. The molecule has 1 aliphatic carbocycles. The minimum absolute atomic E-state index is 0.776. The highest BCUT2D eigenvalue weighted by Crippen LogP contribution is 2.30. The summed E-state index contributed by atoms with van der Waals surface area (Å²) in [7, 11) is 2.26. The Labute approximate surface area is 107 Å². The van der Waals surface area contributed by atoms with E-state index in [0.717, 1.165) is 23.9 Å². The zero-order valence-electron chi connectivity index (χ0n) is 11.9. The summed E-state index contributed by atoms with van der Waals surface area (Å²) in [4.78, 5) is 2.48. The standard InChI is InChI=1S/C15H30N2/c1-12-6-4-8-15(13(12)2)16-14-7-5-10-17(3)11-9-14/h12-16H,4-11H2,1-3H3. The SMILES string of the molecule is CC1CCCC(NC2CCCN(C)CC2)C1C. The molecule has 2 heteroatoms. The van der Waals surface area contributed by atoms with Gasteiger partial charge in [0.1, 0.15) is 0 Å². The number of nitrogens with zero attached hydrogens (tertiary/aromatic N) is 1. The van der Waals surface area contributed by atoms with E-state index in [1.807, 2.05) is 0 Å². The number of rotatable bonds is 2. The summed E-state index contributed by atoms with van der Waals surface area (Å²) in [6, 6.07) is 1.56. The Bertz CT molecular complexity index is 229. The minimum Gasteiger partial charge on any atom is -0.311 e. The Morgan fingerprint density at radius 3 is 2.59 bits per heavy atom. The van der Waals surface area contributed by atoms with Crippen LogP contribution in [0.4, 0.5) is 0 Å². The molecule has 1 heterocycles. The zero-order chi connectivity index (χ0) is 12.3. The molecule has 0 spiro atoms. The van der Waals surface area contributed by atoms with Crippen LogP contribution >= 0.6 is 0 Å². The van der Waals surface area contributed by atoms with Gasteiger partial charge in [0, 0.05) is 12.1 Å². The van der Waals surface area contributed by atoms with Crippen LogP contribution in [0.2, 0.25) is 0 Å². The second-order valence-electron chi connectivity index (χ2n) is 6.47. The molecule has 1 aliphatic heterocycles. The second kappa shape index (κ2) is 6.19. The molecule has 0 aromatic heterocycles. The molecule has 0 bridgehead atoms. The van der Waals surface area contributed by atoms with Gasteiger partial charge in [-0.25, -0.2) is 0 Å². The molecule has 1 saturated heterocycles. The number of likely N-dealkylation sites (tertiary alicyclic amines) is 1. The predicted molar refractivity (Wildman–Crippen MR) is 74.2 cm³/mol. The molecule has 0 aromatic rings. The number of hydrogen-bond donors (Lipinski definition) is 1. The van der Waals surface area contributed by atoms with E-state index in [1.165, 1.54) is 51.6 Å². The van der Waals surface area contributed by atoms with Gasteiger partial charge in [0.2, 0.25) is 0 Å². The molecule has 2 aliphatic rings. The summed E-state index contributed by atoms with van der Waals surface area (Å²) in [5.41, 5.74) is 0. The second-order valence-corrected chi connectivity index (χ2v) is 6.47. The lowest BCUT2D eigenvalue weighted by Crippen LogP contribution is -2.46. The Balaban J connectivity index is 1.82. The highest BCUT2D eigenvalue weighted by molar-refractivity contribution is 4.86. The van der Waals surface area contributed by atoms with E-state index in [9.17, 15) is 0 Å². The molecule has 2 rings (SSSR count). The number of nitrogens with one attached hydrogen (secondary N) is 1. The van der Waals surface area contributed by atoms with Crippen LogP contribution in [0.1, 0.15) is 52.4 Å². The molecular formula is C15H30N2. The van der Waals surface area contributed by atoms with Crippen molar-refractivity contribution in [1.82, 2.24) is 10.2 Å². The molecular weight excluding hydrogens is 208 g/mol. The first-order valence-electron chi connectivity index (χ1n) is 7.61. The van der Waals surface area contributed by atoms with E-state index in [-0.39, 0.29) is 0 Å². The van der Waals surface area contributed by atoms with Crippen molar-refractivity contribution in [1.29, 1.82) is 0 Å². The average Bonchev–Trinajstić information content (AvgIpc) is 2.50. The maximum Gasteiger partial charge on any atom is 0.00978 e. The van der Waals surface area contributed by atoms with Crippen LogP contribution in [0, 0.1) is 11.8 Å². The van der Waals surface area contributed by atoms with Crippen LogP contribution < -0.4 is 5.32 Å². The average molecular weight is 238 g/mol. The topological polar surface area (TPSA) is 15.3 Å². The first-order chi connectivity index (χ1) is 8.16. The normalized spacial score (nSPS) is 41.1. The summed E-state index contributed by atoms with van der Waals surface area (Å²) in [6.45, 7) is 7.44. The van der Waals surface area contributed by atoms with Crippen LogP contribution in [-0.4, -0.2) is 37.1 Å². The first-order valence-corrected chi connectivity index (χ1v) is 7.61. The summed E-state index contributed by atoms with van der Waals surface area (Å²) in [6.07, 6.45) is 8.35. The molecule has 1 N–H and O–H groups in total. The third-order valence-electron chi connectivity index (χ3n) is 5.11. The molecule has 100 valence electrons.